The molecule has 4 rings (SSSR count). The van der Waals surface area contributed by atoms with Crippen LogP contribution in [0.2, 0.25) is 0 Å². The van der Waals surface area contributed by atoms with Gasteiger partial charge in [-0.15, -0.1) is 0 Å². The molecule has 0 aliphatic carbocycles. The smallest absolute Gasteiger partial charge is 0.307 e. The second kappa shape index (κ2) is 7.64. The Morgan fingerprint density at radius 3 is 2.62 bits per heavy atom. The predicted octanol–water partition coefficient (Wildman–Crippen LogP) is 5.06. The molecule has 1 saturated heterocycles. The van der Waals surface area contributed by atoms with E-state index < -0.39 is 5.97 Å². The van der Waals surface area contributed by atoms with Crippen molar-refractivity contribution in [1.29, 1.82) is 0 Å². The third kappa shape index (κ3) is 4.35. The number of carbonyl (C=O) groups is 1. The van der Waals surface area contributed by atoms with Gasteiger partial charge in [-0.1, -0.05) is 51.1 Å². The molecular formula is C24H28N2O3. The van der Waals surface area contributed by atoms with Crippen molar-refractivity contribution in [1.82, 2.24) is 9.88 Å². The molecule has 0 unspecified atom stereocenters. The first-order chi connectivity index (χ1) is 13.8. The molecule has 2 aromatic heterocycles. The quantitative estimate of drug-likeness (QED) is 0.672. The van der Waals surface area contributed by atoms with Crippen LogP contribution in [-0.2, 0) is 11.3 Å². The van der Waals surface area contributed by atoms with E-state index in [1.54, 1.807) is 0 Å². The lowest BCUT2D eigenvalue weighted by atomic mass is 9.73. The van der Waals surface area contributed by atoms with Crippen molar-refractivity contribution < 1.29 is 14.3 Å². The Labute approximate surface area is 171 Å². The maximum Gasteiger partial charge on any atom is 0.307 e. The van der Waals surface area contributed by atoms with Gasteiger partial charge in [0.15, 0.2) is 0 Å². The fourth-order valence-corrected chi connectivity index (χ4v) is 4.20. The molecule has 29 heavy (non-hydrogen) atoms. The van der Waals surface area contributed by atoms with E-state index in [0.717, 1.165) is 35.2 Å². The number of rotatable bonds is 4. The van der Waals surface area contributed by atoms with Gasteiger partial charge in [0.05, 0.1) is 12.5 Å². The van der Waals surface area contributed by atoms with Crippen LogP contribution in [-0.4, -0.2) is 34.0 Å². The molecule has 5 heteroatoms. The molecule has 5 nitrogen and oxygen atoms in total. The van der Waals surface area contributed by atoms with Gasteiger partial charge in [-0.2, -0.15) is 0 Å². The average molecular weight is 392 g/mol. The molecule has 3 heterocycles. The van der Waals surface area contributed by atoms with Crippen LogP contribution < -0.4 is 0 Å². The van der Waals surface area contributed by atoms with Crippen LogP contribution in [0, 0.1) is 17.3 Å². The summed E-state index contributed by atoms with van der Waals surface area (Å²) < 4.78 is 5.98. The first kappa shape index (κ1) is 19.6. The molecule has 152 valence electrons. The van der Waals surface area contributed by atoms with Crippen LogP contribution in [0.25, 0.3) is 22.2 Å². The number of hydrogen-bond acceptors (Lipinski definition) is 4. The third-order valence-electron chi connectivity index (χ3n) is 6.01. The Hall–Kier alpha value is -2.66. The molecule has 1 fully saturated rings. The van der Waals surface area contributed by atoms with E-state index in [9.17, 15) is 9.90 Å². The zero-order chi connectivity index (χ0) is 20.6. The van der Waals surface area contributed by atoms with Gasteiger partial charge in [-0.3, -0.25) is 9.69 Å². The lowest BCUT2D eigenvalue weighted by Crippen LogP contribution is -2.46. The monoisotopic (exact) mass is 392 g/mol. The van der Waals surface area contributed by atoms with E-state index in [-0.39, 0.29) is 11.3 Å². The first-order valence-electron chi connectivity index (χ1n) is 10.2. The van der Waals surface area contributed by atoms with E-state index in [0.29, 0.717) is 24.7 Å². The number of piperidine rings is 1. The van der Waals surface area contributed by atoms with Gasteiger partial charge in [0.2, 0.25) is 5.71 Å². The van der Waals surface area contributed by atoms with Crippen LogP contribution in [0.4, 0.5) is 0 Å². The highest BCUT2D eigenvalue weighted by molar-refractivity contribution is 5.80. The zero-order valence-electron chi connectivity index (χ0n) is 17.3. The zero-order valence-corrected chi connectivity index (χ0v) is 17.3. The van der Waals surface area contributed by atoms with Gasteiger partial charge in [-0.05, 0) is 35.4 Å². The number of nitrogens with zero attached hydrogens (tertiary/aromatic N) is 2. The summed E-state index contributed by atoms with van der Waals surface area (Å²) >= 11 is 0. The molecule has 0 saturated carbocycles. The second-order valence-corrected chi connectivity index (χ2v) is 9.23. The minimum absolute atomic E-state index is 0.0758. The van der Waals surface area contributed by atoms with Gasteiger partial charge in [-0.25, -0.2) is 4.98 Å². The number of furan rings is 1. The van der Waals surface area contributed by atoms with Gasteiger partial charge in [0.1, 0.15) is 5.76 Å². The fourth-order valence-electron chi connectivity index (χ4n) is 4.20. The van der Waals surface area contributed by atoms with Crippen molar-refractivity contribution in [3.8, 4) is 11.1 Å². The van der Waals surface area contributed by atoms with E-state index in [1.807, 2.05) is 30.5 Å². The number of fused-ring (bicyclic) bond motifs is 1. The van der Waals surface area contributed by atoms with Gasteiger partial charge < -0.3 is 9.52 Å². The summed E-state index contributed by atoms with van der Waals surface area (Å²) in [6, 6.07) is 14.3. The molecule has 0 amide bonds. The van der Waals surface area contributed by atoms with Crippen molar-refractivity contribution in [2.75, 3.05) is 13.1 Å². The van der Waals surface area contributed by atoms with Gasteiger partial charge >= 0.3 is 5.97 Å². The van der Waals surface area contributed by atoms with Crippen LogP contribution in [0.3, 0.4) is 0 Å². The minimum atomic E-state index is -0.706. The number of hydrogen-bond donors (Lipinski definition) is 1. The number of carboxylic acid groups (broad SMARTS) is 1. The van der Waals surface area contributed by atoms with Crippen LogP contribution in [0.15, 0.2) is 53.1 Å². The maximum atomic E-state index is 11.7. The van der Waals surface area contributed by atoms with Crippen molar-refractivity contribution in [2.45, 2.75) is 33.7 Å². The number of aromatic nitrogens is 1. The summed E-state index contributed by atoms with van der Waals surface area (Å²) in [5.74, 6) is 0.129. The molecular weight excluding hydrogens is 364 g/mol. The summed E-state index contributed by atoms with van der Waals surface area (Å²) in [7, 11) is 0. The Bertz CT molecular complexity index is 1000. The topological polar surface area (TPSA) is 66.6 Å². The van der Waals surface area contributed by atoms with Crippen molar-refractivity contribution in [3.05, 3.63) is 54.4 Å². The summed E-state index contributed by atoms with van der Waals surface area (Å²) in [4.78, 5) is 18.4. The minimum Gasteiger partial charge on any atom is -0.481 e. The average Bonchev–Trinajstić information content (AvgIpc) is 3.09. The molecule has 1 aliphatic heterocycles. The number of carboxylic acids is 1. The molecule has 3 aromatic rings. The van der Waals surface area contributed by atoms with Crippen LogP contribution in [0.1, 0.15) is 33.0 Å². The summed E-state index contributed by atoms with van der Waals surface area (Å²) in [6.45, 7) is 8.62. The highest BCUT2D eigenvalue weighted by Crippen LogP contribution is 2.36. The van der Waals surface area contributed by atoms with E-state index in [1.165, 1.54) is 0 Å². The largest absolute Gasteiger partial charge is 0.481 e. The highest BCUT2D eigenvalue weighted by atomic mass is 16.4. The molecule has 0 radical (unpaired) electrons. The van der Waals surface area contributed by atoms with Crippen LogP contribution in [0.5, 0.6) is 0 Å². The Balaban J connectivity index is 1.56. The lowest BCUT2D eigenvalue weighted by Gasteiger charge is -2.41. The molecule has 1 aliphatic rings. The Morgan fingerprint density at radius 1 is 1.17 bits per heavy atom. The summed E-state index contributed by atoms with van der Waals surface area (Å²) in [6.07, 6.45) is 2.57. The third-order valence-corrected chi connectivity index (χ3v) is 6.01. The predicted molar refractivity (Wildman–Crippen MR) is 113 cm³/mol. The highest BCUT2D eigenvalue weighted by Gasteiger charge is 2.37. The van der Waals surface area contributed by atoms with Gasteiger partial charge in [0, 0.05) is 30.2 Å². The van der Waals surface area contributed by atoms with Gasteiger partial charge in [0.25, 0.3) is 0 Å². The van der Waals surface area contributed by atoms with E-state index in [2.05, 4.69) is 48.9 Å². The number of benzene rings is 1. The Kier molecular flexibility index (Phi) is 5.17. The number of pyridine rings is 1. The van der Waals surface area contributed by atoms with Crippen LogP contribution >= 0.6 is 0 Å². The summed E-state index contributed by atoms with van der Waals surface area (Å²) in [5.41, 5.74) is 2.88. The lowest BCUT2D eigenvalue weighted by molar-refractivity contribution is -0.145. The number of likely N-dealkylation sites (tertiary alicyclic amines) is 1. The standard InChI is InChI=1S/C24H28N2O3/c1-24(2,3)20-10-19(23(27)28)13-26(14-20)15-21-11-17-9-18(12-25-22(17)29-21)16-7-5-4-6-8-16/h4-9,11-12,19-20H,10,13-15H2,1-3H3,(H,27,28)/t19-,20-/m1/s1. The Morgan fingerprint density at radius 2 is 1.93 bits per heavy atom. The second-order valence-electron chi connectivity index (χ2n) is 9.23. The van der Waals surface area contributed by atoms with E-state index in [4.69, 9.17) is 4.42 Å². The van der Waals surface area contributed by atoms with Crippen molar-refractivity contribution in [2.24, 2.45) is 17.3 Å². The SMILES string of the molecule is CC(C)(C)[C@@H]1C[C@@H](C(=O)O)CN(Cc2cc3cc(-c4ccccc4)cnc3o2)C1. The molecule has 1 aromatic carbocycles. The molecule has 2 atom stereocenters. The summed E-state index contributed by atoms with van der Waals surface area (Å²) in [5, 5.41) is 10.6. The molecule has 0 bridgehead atoms. The first-order valence-corrected chi connectivity index (χ1v) is 10.2. The van der Waals surface area contributed by atoms with E-state index >= 15 is 0 Å². The van der Waals surface area contributed by atoms with Crippen molar-refractivity contribution >= 4 is 17.1 Å². The maximum absolute atomic E-state index is 11.7. The number of aliphatic carboxylic acids is 1. The molecule has 0 spiro atoms. The fraction of sp³-hybridized carbons (Fsp3) is 0.417. The molecule has 1 N–H and O–H groups in total. The normalized spacial score (nSPS) is 20.8. The van der Waals surface area contributed by atoms with Crippen molar-refractivity contribution in [3.63, 3.8) is 0 Å².